The maximum Gasteiger partial charge on any atom is 0.248 e. The monoisotopic (exact) mass is 201 g/mol. The molecule has 0 amide bonds. The van der Waals surface area contributed by atoms with Gasteiger partial charge in [-0.2, -0.15) is 0 Å². The molecule has 1 rings (SSSR count). The highest BCUT2D eigenvalue weighted by Gasteiger charge is 1.95. The lowest BCUT2D eigenvalue weighted by Crippen LogP contribution is -2.04. The molecule has 0 saturated carbocycles. The second-order valence-corrected chi connectivity index (χ2v) is 2.50. The molecule has 0 aliphatic rings. The van der Waals surface area contributed by atoms with Crippen LogP contribution in [0.15, 0.2) is 21.5 Å². The van der Waals surface area contributed by atoms with E-state index in [2.05, 4.69) is 20.9 Å². The second-order valence-electron chi connectivity index (χ2n) is 1.71. The van der Waals surface area contributed by atoms with Gasteiger partial charge in [-0.05, 0) is 22.0 Å². The maximum absolute atomic E-state index is 10.6. The fourth-order valence-corrected chi connectivity index (χ4v) is 0.973. The van der Waals surface area contributed by atoms with E-state index in [4.69, 9.17) is 0 Å². The zero-order chi connectivity index (χ0) is 7.56. The zero-order valence-electron chi connectivity index (χ0n) is 4.93. The van der Waals surface area contributed by atoms with Gasteiger partial charge in [0.1, 0.15) is 0 Å². The molecule has 10 heavy (non-hydrogen) atoms. The molecule has 0 fully saturated rings. The molecule has 0 radical (unpaired) electrons. The Bertz CT molecular complexity index is 305. The number of carbonyl (C=O) groups is 1. The SMILES string of the molecule is O=Cc1ccc(=O)[nH]c1Br. The summed E-state index contributed by atoms with van der Waals surface area (Å²) in [6.45, 7) is 0. The Kier molecular flexibility index (Phi) is 2.01. The largest absolute Gasteiger partial charge is 0.316 e. The number of nitrogens with one attached hydrogen (secondary N) is 1. The number of hydrogen-bond acceptors (Lipinski definition) is 2. The van der Waals surface area contributed by atoms with Crippen LogP contribution in [0, 0.1) is 0 Å². The average molecular weight is 202 g/mol. The van der Waals surface area contributed by atoms with Crippen LogP contribution in [0.25, 0.3) is 0 Å². The summed E-state index contributed by atoms with van der Waals surface area (Å²) in [5, 5.41) is 0. The number of hydrogen-bond donors (Lipinski definition) is 1. The summed E-state index contributed by atoms with van der Waals surface area (Å²) < 4.78 is 0.426. The van der Waals surface area contributed by atoms with E-state index in [1.165, 1.54) is 12.1 Å². The Balaban J connectivity index is 3.32. The fraction of sp³-hybridized carbons (Fsp3) is 0. The quantitative estimate of drug-likeness (QED) is 0.544. The third kappa shape index (κ3) is 1.33. The summed E-state index contributed by atoms with van der Waals surface area (Å²) in [6.07, 6.45) is 0.667. The van der Waals surface area contributed by atoms with Gasteiger partial charge in [0.15, 0.2) is 6.29 Å². The highest BCUT2D eigenvalue weighted by atomic mass is 79.9. The van der Waals surface area contributed by atoms with E-state index >= 15 is 0 Å². The van der Waals surface area contributed by atoms with Crippen molar-refractivity contribution in [2.24, 2.45) is 0 Å². The number of H-pyrrole nitrogens is 1. The van der Waals surface area contributed by atoms with Gasteiger partial charge in [0.2, 0.25) is 5.56 Å². The van der Waals surface area contributed by atoms with Crippen LogP contribution in [0.4, 0.5) is 0 Å². The van der Waals surface area contributed by atoms with Crippen LogP contribution in [0.2, 0.25) is 0 Å². The molecular formula is C6H4BrNO2. The van der Waals surface area contributed by atoms with Gasteiger partial charge >= 0.3 is 0 Å². The lowest BCUT2D eigenvalue weighted by Gasteiger charge is -1.91. The number of pyridine rings is 1. The van der Waals surface area contributed by atoms with Gasteiger partial charge in [0.05, 0.1) is 4.60 Å². The van der Waals surface area contributed by atoms with Crippen molar-refractivity contribution in [2.75, 3.05) is 0 Å². The normalized spacial score (nSPS) is 9.30. The standard InChI is InChI=1S/C6H4BrNO2/c7-6-4(3-9)1-2-5(10)8-6/h1-3H,(H,8,10). The third-order valence-corrected chi connectivity index (χ3v) is 1.68. The van der Waals surface area contributed by atoms with E-state index in [-0.39, 0.29) is 5.56 Å². The fourth-order valence-electron chi connectivity index (χ4n) is 0.552. The maximum atomic E-state index is 10.6. The van der Waals surface area contributed by atoms with Crippen LogP contribution in [0.1, 0.15) is 10.4 Å². The summed E-state index contributed by atoms with van der Waals surface area (Å²) in [6, 6.07) is 2.75. The van der Waals surface area contributed by atoms with Gasteiger partial charge in [-0.25, -0.2) is 0 Å². The lowest BCUT2D eigenvalue weighted by atomic mass is 10.3. The smallest absolute Gasteiger partial charge is 0.248 e. The van der Waals surface area contributed by atoms with Crippen molar-refractivity contribution in [3.63, 3.8) is 0 Å². The first kappa shape index (κ1) is 7.21. The van der Waals surface area contributed by atoms with Crippen molar-refractivity contribution in [3.05, 3.63) is 32.7 Å². The number of aldehydes is 1. The predicted octanol–water partition coefficient (Wildman–Crippen LogP) is 0.950. The van der Waals surface area contributed by atoms with E-state index in [9.17, 15) is 9.59 Å². The summed E-state index contributed by atoms with van der Waals surface area (Å²) in [7, 11) is 0. The van der Waals surface area contributed by atoms with Gasteiger partial charge in [-0.1, -0.05) is 0 Å². The number of rotatable bonds is 1. The first-order chi connectivity index (χ1) is 4.74. The molecule has 1 aromatic heterocycles. The minimum absolute atomic E-state index is 0.225. The van der Waals surface area contributed by atoms with E-state index in [1.54, 1.807) is 0 Å². The van der Waals surface area contributed by atoms with Crippen LogP contribution >= 0.6 is 15.9 Å². The van der Waals surface area contributed by atoms with Gasteiger partial charge in [0, 0.05) is 11.6 Å². The molecule has 0 bridgehead atoms. The summed E-state index contributed by atoms with van der Waals surface area (Å²) >= 11 is 3.02. The Morgan fingerprint density at radius 3 is 2.70 bits per heavy atom. The van der Waals surface area contributed by atoms with Crippen molar-refractivity contribution in [1.82, 2.24) is 4.98 Å². The van der Waals surface area contributed by atoms with Crippen molar-refractivity contribution in [2.45, 2.75) is 0 Å². The van der Waals surface area contributed by atoms with Crippen molar-refractivity contribution in [3.8, 4) is 0 Å². The molecule has 0 unspecified atom stereocenters. The molecule has 1 aromatic rings. The molecule has 1 heterocycles. The van der Waals surface area contributed by atoms with E-state index in [1.807, 2.05) is 0 Å². The van der Waals surface area contributed by atoms with Crippen LogP contribution in [0.3, 0.4) is 0 Å². The average Bonchev–Trinajstić information content (AvgIpc) is 1.88. The minimum atomic E-state index is -0.225. The van der Waals surface area contributed by atoms with Gasteiger partial charge < -0.3 is 4.98 Å². The van der Waals surface area contributed by atoms with Crippen LogP contribution in [-0.4, -0.2) is 11.3 Å². The molecular weight excluding hydrogens is 198 g/mol. The van der Waals surface area contributed by atoms with E-state index < -0.39 is 0 Å². The molecule has 0 atom stereocenters. The van der Waals surface area contributed by atoms with Crippen molar-refractivity contribution >= 4 is 22.2 Å². The van der Waals surface area contributed by atoms with Crippen molar-refractivity contribution < 1.29 is 4.79 Å². The zero-order valence-corrected chi connectivity index (χ0v) is 6.51. The second kappa shape index (κ2) is 2.79. The molecule has 1 N–H and O–H groups in total. The summed E-state index contributed by atoms with van der Waals surface area (Å²) in [5.41, 5.74) is 0.220. The number of aromatic nitrogens is 1. The Hall–Kier alpha value is -0.900. The van der Waals surface area contributed by atoms with Gasteiger partial charge in [-0.15, -0.1) is 0 Å². The van der Waals surface area contributed by atoms with E-state index in [0.717, 1.165) is 0 Å². The van der Waals surface area contributed by atoms with E-state index in [0.29, 0.717) is 16.5 Å². The molecule has 3 nitrogen and oxygen atoms in total. The summed E-state index contributed by atoms with van der Waals surface area (Å²) in [5.74, 6) is 0. The van der Waals surface area contributed by atoms with Gasteiger partial charge in [-0.3, -0.25) is 9.59 Å². The number of aromatic amines is 1. The first-order valence-electron chi connectivity index (χ1n) is 2.58. The molecule has 52 valence electrons. The third-order valence-electron chi connectivity index (χ3n) is 1.03. The summed E-state index contributed by atoms with van der Waals surface area (Å²) in [4.78, 5) is 23.2. The molecule has 0 saturated heterocycles. The molecule has 0 aliphatic heterocycles. The molecule has 4 heteroatoms. The van der Waals surface area contributed by atoms with Crippen LogP contribution in [-0.2, 0) is 0 Å². The van der Waals surface area contributed by atoms with Crippen LogP contribution < -0.4 is 5.56 Å². The number of halogens is 1. The first-order valence-corrected chi connectivity index (χ1v) is 3.37. The van der Waals surface area contributed by atoms with Crippen molar-refractivity contribution in [1.29, 1.82) is 0 Å². The molecule has 0 aliphatic carbocycles. The predicted molar refractivity (Wildman–Crippen MR) is 40.2 cm³/mol. The van der Waals surface area contributed by atoms with Crippen LogP contribution in [0.5, 0.6) is 0 Å². The Morgan fingerprint density at radius 1 is 1.50 bits per heavy atom. The number of carbonyl (C=O) groups excluding carboxylic acids is 1. The topological polar surface area (TPSA) is 49.9 Å². The Labute approximate surface area is 65.2 Å². The highest BCUT2D eigenvalue weighted by molar-refractivity contribution is 9.10. The van der Waals surface area contributed by atoms with Gasteiger partial charge in [0.25, 0.3) is 0 Å². The minimum Gasteiger partial charge on any atom is -0.316 e. The Morgan fingerprint density at radius 2 is 2.20 bits per heavy atom. The molecule has 0 aromatic carbocycles. The molecule has 0 spiro atoms. The lowest BCUT2D eigenvalue weighted by molar-refractivity contribution is 0.112. The highest BCUT2D eigenvalue weighted by Crippen LogP contribution is 2.06.